The summed E-state index contributed by atoms with van der Waals surface area (Å²) in [5.41, 5.74) is -0.683. The van der Waals surface area contributed by atoms with Gasteiger partial charge >= 0.3 is 6.18 Å². The van der Waals surface area contributed by atoms with Gasteiger partial charge < -0.3 is 0 Å². The molecule has 1 atom stereocenters. The second-order valence-electron chi connectivity index (χ2n) is 2.96. The Labute approximate surface area is 90.1 Å². The summed E-state index contributed by atoms with van der Waals surface area (Å²) in [6, 6.07) is 6.80. The highest BCUT2D eigenvalue weighted by Crippen LogP contribution is 2.32. The lowest BCUT2D eigenvalue weighted by Gasteiger charge is -2.12. The monoisotopic (exact) mass is 233 g/mol. The largest absolute Gasteiger partial charge is 0.416 e. The Morgan fingerprint density at radius 3 is 2.47 bits per heavy atom. The van der Waals surface area contributed by atoms with Gasteiger partial charge in [-0.15, -0.1) is 11.6 Å². The van der Waals surface area contributed by atoms with E-state index >= 15 is 0 Å². The number of rotatable bonds is 2. The van der Waals surface area contributed by atoms with Crippen LogP contribution in [0.4, 0.5) is 13.2 Å². The molecule has 1 rings (SSSR count). The molecule has 1 nitrogen and oxygen atoms in total. The van der Waals surface area contributed by atoms with E-state index < -0.39 is 17.1 Å². The fraction of sp³-hybridized carbons (Fsp3) is 0.300. The Morgan fingerprint density at radius 1 is 1.33 bits per heavy atom. The minimum absolute atomic E-state index is 0.0477. The van der Waals surface area contributed by atoms with Gasteiger partial charge in [0.1, 0.15) is 5.38 Å². The Bertz CT molecular complexity index is 381. The summed E-state index contributed by atoms with van der Waals surface area (Å²) >= 11 is 5.49. The van der Waals surface area contributed by atoms with E-state index in [0.29, 0.717) is 0 Å². The van der Waals surface area contributed by atoms with Gasteiger partial charge in [0, 0.05) is 6.42 Å². The average molecular weight is 234 g/mol. The first-order valence-electron chi connectivity index (χ1n) is 4.14. The molecule has 15 heavy (non-hydrogen) atoms. The van der Waals surface area contributed by atoms with Gasteiger partial charge in [0.2, 0.25) is 0 Å². The molecule has 0 aliphatic heterocycles. The molecule has 0 aliphatic rings. The van der Waals surface area contributed by atoms with E-state index in [4.69, 9.17) is 16.9 Å². The molecule has 5 heteroatoms. The quantitative estimate of drug-likeness (QED) is 0.719. The van der Waals surface area contributed by atoms with Crippen LogP contribution in [-0.2, 0) is 12.6 Å². The smallest absolute Gasteiger partial charge is 0.197 e. The zero-order valence-corrected chi connectivity index (χ0v) is 8.31. The van der Waals surface area contributed by atoms with Gasteiger partial charge in [-0.25, -0.2) is 0 Å². The highest BCUT2D eigenvalue weighted by molar-refractivity contribution is 6.22. The number of nitrogens with zero attached hydrogens (tertiary/aromatic N) is 1. The summed E-state index contributed by atoms with van der Waals surface area (Å²) in [6.45, 7) is 0. The zero-order chi connectivity index (χ0) is 11.5. The predicted octanol–water partition coefficient (Wildman–Crippen LogP) is 3.38. The highest BCUT2D eigenvalue weighted by atomic mass is 35.5. The van der Waals surface area contributed by atoms with E-state index in [1.54, 1.807) is 6.07 Å². The average Bonchev–Trinajstić information content (AvgIpc) is 2.17. The van der Waals surface area contributed by atoms with Crippen LogP contribution >= 0.6 is 11.6 Å². The highest BCUT2D eigenvalue weighted by Gasteiger charge is 2.33. The third kappa shape index (κ3) is 3.14. The zero-order valence-electron chi connectivity index (χ0n) is 7.55. The minimum Gasteiger partial charge on any atom is -0.197 e. The minimum atomic E-state index is -4.40. The first-order chi connectivity index (χ1) is 6.95. The lowest BCUT2D eigenvalue weighted by atomic mass is 10.0. The van der Waals surface area contributed by atoms with Crippen molar-refractivity contribution in [2.75, 3.05) is 0 Å². The molecular formula is C10H7ClF3N. The fourth-order valence-electron chi connectivity index (χ4n) is 1.21. The van der Waals surface area contributed by atoms with Gasteiger partial charge in [-0.2, -0.15) is 18.4 Å². The lowest BCUT2D eigenvalue weighted by Crippen LogP contribution is -2.11. The molecule has 1 aromatic carbocycles. The molecule has 0 saturated heterocycles. The van der Waals surface area contributed by atoms with Crippen molar-refractivity contribution in [3.63, 3.8) is 0 Å². The number of hydrogen-bond acceptors (Lipinski definition) is 1. The van der Waals surface area contributed by atoms with Crippen molar-refractivity contribution in [1.82, 2.24) is 0 Å². The van der Waals surface area contributed by atoms with E-state index in [2.05, 4.69) is 0 Å². The van der Waals surface area contributed by atoms with Crippen LogP contribution in [0.25, 0.3) is 0 Å². The molecule has 0 heterocycles. The summed E-state index contributed by atoms with van der Waals surface area (Å²) < 4.78 is 37.4. The molecule has 0 spiro atoms. The standard InChI is InChI=1S/C10H7ClF3N/c11-8(6-15)5-7-3-1-2-4-9(7)10(12,13)14/h1-4,8H,5H2. The van der Waals surface area contributed by atoms with Crippen LogP contribution in [0.2, 0.25) is 0 Å². The molecule has 0 aromatic heterocycles. The van der Waals surface area contributed by atoms with Crippen molar-refractivity contribution >= 4 is 11.6 Å². The normalized spacial score (nSPS) is 13.3. The van der Waals surface area contributed by atoms with Gasteiger partial charge in [0.05, 0.1) is 11.6 Å². The number of alkyl halides is 4. The summed E-state index contributed by atoms with van der Waals surface area (Å²) in [5, 5.41) is 7.49. The fourth-order valence-corrected chi connectivity index (χ4v) is 1.38. The van der Waals surface area contributed by atoms with Gasteiger partial charge in [0.25, 0.3) is 0 Å². The first-order valence-corrected chi connectivity index (χ1v) is 4.57. The molecule has 0 amide bonds. The second-order valence-corrected chi connectivity index (χ2v) is 3.48. The van der Waals surface area contributed by atoms with Crippen molar-refractivity contribution < 1.29 is 13.2 Å². The maximum atomic E-state index is 12.5. The van der Waals surface area contributed by atoms with Crippen LogP contribution in [0.1, 0.15) is 11.1 Å². The van der Waals surface area contributed by atoms with E-state index in [-0.39, 0.29) is 12.0 Å². The van der Waals surface area contributed by atoms with Crippen LogP contribution in [0, 0.1) is 11.3 Å². The second kappa shape index (κ2) is 4.54. The number of hydrogen-bond donors (Lipinski definition) is 0. The van der Waals surface area contributed by atoms with E-state index in [1.807, 2.05) is 0 Å². The maximum absolute atomic E-state index is 12.5. The maximum Gasteiger partial charge on any atom is 0.416 e. The van der Waals surface area contributed by atoms with Gasteiger partial charge in [-0.3, -0.25) is 0 Å². The van der Waals surface area contributed by atoms with E-state index in [0.717, 1.165) is 6.07 Å². The summed E-state index contributed by atoms with van der Waals surface area (Å²) in [4.78, 5) is 0. The van der Waals surface area contributed by atoms with E-state index in [9.17, 15) is 13.2 Å². The van der Waals surface area contributed by atoms with Crippen molar-refractivity contribution in [2.24, 2.45) is 0 Å². The molecule has 1 aromatic rings. The molecule has 0 radical (unpaired) electrons. The Balaban J connectivity index is 3.03. The summed E-state index contributed by atoms with van der Waals surface area (Å²) in [7, 11) is 0. The molecule has 0 aliphatic carbocycles. The number of halogens is 4. The topological polar surface area (TPSA) is 23.8 Å². The summed E-state index contributed by atoms with van der Waals surface area (Å²) in [6.07, 6.45) is -4.50. The van der Waals surface area contributed by atoms with Crippen LogP contribution < -0.4 is 0 Å². The lowest BCUT2D eigenvalue weighted by molar-refractivity contribution is -0.138. The third-order valence-corrected chi connectivity index (χ3v) is 2.11. The molecule has 0 N–H and O–H groups in total. The van der Waals surface area contributed by atoms with Gasteiger partial charge in [0.15, 0.2) is 0 Å². The number of nitriles is 1. The third-order valence-electron chi connectivity index (χ3n) is 1.86. The SMILES string of the molecule is N#CC(Cl)Cc1ccccc1C(F)(F)F. The van der Waals surface area contributed by atoms with Crippen LogP contribution in [-0.4, -0.2) is 5.38 Å². The van der Waals surface area contributed by atoms with Crippen molar-refractivity contribution in [1.29, 1.82) is 5.26 Å². The van der Waals surface area contributed by atoms with Gasteiger partial charge in [-0.05, 0) is 11.6 Å². The predicted molar refractivity (Wildman–Crippen MR) is 50.4 cm³/mol. The Hall–Kier alpha value is -1.21. The molecule has 80 valence electrons. The molecule has 1 unspecified atom stereocenters. The molecule has 0 fully saturated rings. The van der Waals surface area contributed by atoms with E-state index in [1.165, 1.54) is 18.2 Å². The van der Waals surface area contributed by atoms with Crippen molar-refractivity contribution in [3.05, 3.63) is 35.4 Å². The number of benzene rings is 1. The first kappa shape index (κ1) is 11.9. The van der Waals surface area contributed by atoms with Crippen LogP contribution in [0.3, 0.4) is 0 Å². The van der Waals surface area contributed by atoms with Crippen LogP contribution in [0.5, 0.6) is 0 Å². The van der Waals surface area contributed by atoms with Crippen molar-refractivity contribution in [2.45, 2.75) is 18.0 Å². The Morgan fingerprint density at radius 2 is 1.93 bits per heavy atom. The van der Waals surface area contributed by atoms with Gasteiger partial charge in [-0.1, -0.05) is 18.2 Å². The summed E-state index contributed by atoms with van der Waals surface area (Å²) in [5.74, 6) is 0. The molecular weight excluding hydrogens is 227 g/mol. The molecule has 0 saturated carbocycles. The molecule has 0 bridgehead atoms. The Kier molecular flexibility index (Phi) is 3.59. The van der Waals surface area contributed by atoms with Crippen LogP contribution in [0.15, 0.2) is 24.3 Å². The van der Waals surface area contributed by atoms with Crippen molar-refractivity contribution in [3.8, 4) is 6.07 Å².